The van der Waals surface area contributed by atoms with Crippen LogP contribution in [0.3, 0.4) is 0 Å². The molecule has 2 atom stereocenters. The minimum atomic E-state index is -3.66. The van der Waals surface area contributed by atoms with Crippen molar-refractivity contribution in [3.8, 4) is 11.5 Å². The van der Waals surface area contributed by atoms with Crippen molar-refractivity contribution in [2.75, 3.05) is 39.4 Å². The highest BCUT2D eigenvalue weighted by Gasteiger charge is 2.61. The molecule has 1 saturated carbocycles. The fraction of sp³-hybridized carbons (Fsp3) is 0.609. The van der Waals surface area contributed by atoms with Crippen molar-refractivity contribution < 1.29 is 22.7 Å². The summed E-state index contributed by atoms with van der Waals surface area (Å²) in [6.45, 7) is 10.8. The van der Waals surface area contributed by atoms with Crippen molar-refractivity contribution in [1.29, 1.82) is 0 Å². The Bertz CT molecular complexity index is 989. The van der Waals surface area contributed by atoms with Crippen LogP contribution in [0.2, 0.25) is 0 Å². The first-order valence-corrected chi connectivity index (χ1v) is 12.4. The Morgan fingerprint density at radius 1 is 1.06 bits per heavy atom. The third-order valence-corrected chi connectivity index (χ3v) is 8.49. The molecule has 2 heterocycles. The van der Waals surface area contributed by atoms with Gasteiger partial charge in [-0.25, -0.2) is 8.42 Å². The van der Waals surface area contributed by atoms with Crippen LogP contribution < -0.4 is 9.47 Å². The number of benzene rings is 1. The highest BCUT2D eigenvalue weighted by Crippen LogP contribution is 2.60. The predicted octanol–water partition coefficient (Wildman–Crippen LogP) is 2.92. The number of amides is 1. The van der Waals surface area contributed by atoms with Gasteiger partial charge in [-0.2, -0.15) is 4.31 Å². The molecule has 0 radical (unpaired) electrons. The number of sulfonamides is 1. The number of fused-ring (bicyclic) bond motifs is 1. The molecule has 0 aromatic heterocycles. The largest absolute Gasteiger partial charge is 0.490 e. The van der Waals surface area contributed by atoms with E-state index in [1.54, 1.807) is 18.2 Å². The fourth-order valence-corrected chi connectivity index (χ4v) is 6.06. The SMILES string of the molecule is CC(C)=C[C@@H]1[C@@H](C(=O)N2CCN(S(=O)(=O)c3ccc4c(c3)OCCCO4)CC2)C1(C)C. The molecule has 1 aromatic rings. The Kier molecular flexibility index (Phi) is 5.81. The molecule has 1 aromatic carbocycles. The van der Waals surface area contributed by atoms with Gasteiger partial charge in [0.1, 0.15) is 0 Å². The molecular formula is C23H32N2O5S. The molecule has 0 bridgehead atoms. The minimum Gasteiger partial charge on any atom is -0.490 e. The molecule has 1 amide bonds. The number of nitrogens with zero attached hydrogens (tertiary/aromatic N) is 2. The molecule has 2 aliphatic heterocycles. The number of allylic oxidation sites excluding steroid dienone is 2. The zero-order valence-corrected chi connectivity index (χ0v) is 19.6. The van der Waals surface area contributed by atoms with E-state index in [2.05, 4.69) is 33.8 Å². The van der Waals surface area contributed by atoms with Crippen LogP contribution in [0.25, 0.3) is 0 Å². The van der Waals surface area contributed by atoms with Crippen molar-refractivity contribution in [1.82, 2.24) is 9.21 Å². The summed E-state index contributed by atoms with van der Waals surface area (Å²) >= 11 is 0. The van der Waals surface area contributed by atoms with E-state index < -0.39 is 10.0 Å². The third kappa shape index (κ3) is 4.20. The number of hydrogen-bond donors (Lipinski definition) is 0. The Morgan fingerprint density at radius 2 is 1.71 bits per heavy atom. The van der Waals surface area contributed by atoms with Crippen molar-refractivity contribution in [3.05, 3.63) is 29.8 Å². The van der Waals surface area contributed by atoms with Gasteiger partial charge in [0.2, 0.25) is 15.9 Å². The summed E-state index contributed by atoms with van der Waals surface area (Å²) in [7, 11) is -3.66. The van der Waals surface area contributed by atoms with Crippen molar-refractivity contribution >= 4 is 15.9 Å². The fourth-order valence-electron chi connectivity index (χ4n) is 4.62. The summed E-state index contributed by atoms with van der Waals surface area (Å²) in [5.41, 5.74) is 1.18. The molecule has 3 aliphatic rings. The second-order valence-corrected chi connectivity index (χ2v) is 11.4. The van der Waals surface area contributed by atoms with E-state index in [1.807, 2.05) is 4.90 Å². The zero-order valence-electron chi connectivity index (χ0n) is 18.8. The van der Waals surface area contributed by atoms with E-state index in [0.29, 0.717) is 50.9 Å². The van der Waals surface area contributed by atoms with Crippen LogP contribution in [-0.2, 0) is 14.8 Å². The second kappa shape index (κ2) is 8.13. The molecular weight excluding hydrogens is 416 g/mol. The molecule has 31 heavy (non-hydrogen) atoms. The molecule has 0 N–H and O–H groups in total. The van der Waals surface area contributed by atoms with Gasteiger partial charge in [-0.05, 0) is 37.3 Å². The van der Waals surface area contributed by atoms with Gasteiger partial charge in [0.25, 0.3) is 0 Å². The van der Waals surface area contributed by atoms with Crippen LogP contribution in [0.1, 0.15) is 34.1 Å². The van der Waals surface area contributed by atoms with E-state index in [9.17, 15) is 13.2 Å². The van der Waals surface area contributed by atoms with Crippen LogP contribution in [0, 0.1) is 17.3 Å². The average molecular weight is 449 g/mol. The van der Waals surface area contributed by atoms with Crippen molar-refractivity contribution in [3.63, 3.8) is 0 Å². The monoisotopic (exact) mass is 448 g/mol. The predicted molar refractivity (Wildman–Crippen MR) is 118 cm³/mol. The van der Waals surface area contributed by atoms with Gasteiger partial charge in [-0.1, -0.05) is 25.5 Å². The first-order valence-electron chi connectivity index (χ1n) is 11.0. The lowest BCUT2D eigenvalue weighted by molar-refractivity contribution is -0.134. The van der Waals surface area contributed by atoms with Crippen molar-refractivity contribution in [2.24, 2.45) is 17.3 Å². The van der Waals surface area contributed by atoms with Gasteiger partial charge in [-0.15, -0.1) is 0 Å². The number of piperazine rings is 1. The molecule has 7 nitrogen and oxygen atoms in total. The quantitative estimate of drug-likeness (QED) is 0.662. The molecule has 8 heteroatoms. The maximum absolute atomic E-state index is 13.2. The number of carbonyl (C=O) groups is 1. The number of rotatable bonds is 4. The van der Waals surface area contributed by atoms with Gasteiger partial charge >= 0.3 is 0 Å². The minimum absolute atomic E-state index is 0.0210. The Morgan fingerprint density at radius 3 is 2.35 bits per heavy atom. The molecule has 170 valence electrons. The molecule has 4 rings (SSSR count). The topological polar surface area (TPSA) is 76.2 Å². The van der Waals surface area contributed by atoms with Crippen LogP contribution in [0.4, 0.5) is 0 Å². The lowest BCUT2D eigenvalue weighted by Crippen LogP contribution is -2.51. The number of hydrogen-bond acceptors (Lipinski definition) is 5. The zero-order chi connectivity index (χ0) is 22.4. The smallest absolute Gasteiger partial charge is 0.243 e. The maximum Gasteiger partial charge on any atom is 0.243 e. The van der Waals surface area contributed by atoms with Gasteiger partial charge in [0.15, 0.2) is 11.5 Å². The number of ether oxygens (including phenoxy) is 2. The average Bonchev–Trinajstić information content (AvgIpc) is 3.35. The summed E-state index contributed by atoms with van der Waals surface area (Å²) in [6.07, 6.45) is 2.95. The van der Waals surface area contributed by atoms with E-state index in [0.717, 1.165) is 6.42 Å². The Balaban J connectivity index is 1.42. The summed E-state index contributed by atoms with van der Waals surface area (Å²) in [5.74, 6) is 1.42. The standard InChI is InChI=1S/C23H32N2O5S/c1-16(2)14-18-21(23(18,3)4)22(26)24-8-10-25(11-9-24)31(27,28)17-6-7-19-20(15-17)30-13-5-12-29-19/h6-7,14-15,18,21H,5,8-13H2,1-4H3/t18-,21+/m1/s1. The highest BCUT2D eigenvalue weighted by molar-refractivity contribution is 7.89. The summed E-state index contributed by atoms with van der Waals surface area (Å²) < 4.78 is 39.1. The number of carbonyl (C=O) groups excluding carboxylic acids is 1. The van der Waals surface area contributed by atoms with Gasteiger partial charge < -0.3 is 14.4 Å². The third-order valence-electron chi connectivity index (χ3n) is 6.60. The molecule has 1 aliphatic carbocycles. The molecule has 0 spiro atoms. The van der Waals surface area contributed by atoms with E-state index in [1.165, 1.54) is 9.88 Å². The summed E-state index contributed by atoms with van der Waals surface area (Å²) in [4.78, 5) is 15.1. The van der Waals surface area contributed by atoms with Gasteiger partial charge in [0, 0.05) is 38.7 Å². The lowest BCUT2D eigenvalue weighted by atomic mass is 10.1. The van der Waals surface area contributed by atoms with Crippen LogP contribution in [0.5, 0.6) is 11.5 Å². The van der Waals surface area contributed by atoms with Crippen LogP contribution in [-0.4, -0.2) is 62.9 Å². The van der Waals surface area contributed by atoms with E-state index >= 15 is 0 Å². The van der Waals surface area contributed by atoms with Crippen molar-refractivity contribution in [2.45, 2.75) is 39.0 Å². The lowest BCUT2D eigenvalue weighted by Gasteiger charge is -2.34. The first kappa shape index (κ1) is 22.1. The molecule has 2 fully saturated rings. The Hall–Kier alpha value is -2.06. The summed E-state index contributed by atoms with van der Waals surface area (Å²) in [6, 6.07) is 4.77. The highest BCUT2D eigenvalue weighted by atomic mass is 32.2. The van der Waals surface area contributed by atoms with E-state index in [4.69, 9.17) is 9.47 Å². The summed E-state index contributed by atoms with van der Waals surface area (Å²) in [5, 5.41) is 0. The maximum atomic E-state index is 13.2. The molecule has 0 unspecified atom stereocenters. The van der Waals surface area contributed by atoms with Crippen LogP contribution >= 0.6 is 0 Å². The Labute approximate surface area is 185 Å². The second-order valence-electron chi connectivity index (χ2n) is 9.46. The molecule has 1 saturated heterocycles. The van der Waals surface area contributed by atoms with Gasteiger partial charge in [0.05, 0.1) is 24.0 Å². The normalized spacial score (nSPS) is 25.5. The van der Waals surface area contributed by atoms with Crippen LogP contribution in [0.15, 0.2) is 34.7 Å². The van der Waals surface area contributed by atoms with Gasteiger partial charge in [-0.3, -0.25) is 4.79 Å². The van der Waals surface area contributed by atoms with E-state index in [-0.39, 0.29) is 28.1 Å². The first-order chi connectivity index (χ1) is 14.6.